The zero-order valence-electron chi connectivity index (χ0n) is 10.1. The van der Waals surface area contributed by atoms with Crippen molar-refractivity contribution in [2.45, 2.75) is 19.3 Å². The molecule has 0 atom stereocenters. The molecule has 1 aromatic carbocycles. The number of thiophene rings is 1. The van der Waals surface area contributed by atoms with Gasteiger partial charge in [0.25, 0.3) is 0 Å². The van der Waals surface area contributed by atoms with E-state index in [0.717, 1.165) is 17.9 Å². The first kappa shape index (κ1) is 11.8. The lowest BCUT2D eigenvalue weighted by atomic mass is 10.2. The first-order valence-corrected chi connectivity index (χ1v) is 7.24. The fourth-order valence-electron chi connectivity index (χ4n) is 2.17. The van der Waals surface area contributed by atoms with Gasteiger partial charge < -0.3 is 4.57 Å². The fourth-order valence-corrected chi connectivity index (χ4v) is 3.07. The van der Waals surface area contributed by atoms with E-state index in [1.165, 1.54) is 16.0 Å². The van der Waals surface area contributed by atoms with E-state index >= 15 is 0 Å². The third-order valence-electron chi connectivity index (χ3n) is 3.07. The van der Waals surface area contributed by atoms with Gasteiger partial charge in [-0.25, -0.2) is 4.98 Å². The average molecular weight is 277 g/mol. The Morgan fingerprint density at radius 1 is 1.28 bits per heavy atom. The summed E-state index contributed by atoms with van der Waals surface area (Å²) in [6.45, 7) is 2.93. The molecule has 0 saturated heterocycles. The lowest BCUT2D eigenvalue weighted by molar-refractivity contribution is 0.789. The van der Waals surface area contributed by atoms with Crippen LogP contribution in [0, 0.1) is 6.92 Å². The molecule has 2 aromatic heterocycles. The number of halogens is 1. The number of hydrogen-bond acceptors (Lipinski definition) is 2. The number of aromatic nitrogens is 2. The quantitative estimate of drug-likeness (QED) is 0.656. The molecule has 0 fully saturated rings. The van der Waals surface area contributed by atoms with Crippen molar-refractivity contribution < 1.29 is 0 Å². The number of aryl methyl sites for hydroxylation is 1. The Hall–Kier alpha value is -1.32. The molecule has 0 aliphatic carbocycles. The Balaban J connectivity index is 2.17. The van der Waals surface area contributed by atoms with Gasteiger partial charge >= 0.3 is 0 Å². The van der Waals surface area contributed by atoms with Crippen LogP contribution in [0.25, 0.3) is 11.0 Å². The van der Waals surface area contributed by atoms with Gasteiger partial charge in [0.2, 0.25) is 0 Å². The molecular formula is C14H13ClN2S. The van der Waals surface area contributed by atoms with Crippen molar-refractivity contribution in [2.24, 2.45) is 0 Å². The minimum Gasteiger partial charge on any atom is -0.322 e. The van der Waals surface area contributed by atoms with Crippen molar-refractivity contribution in [3.8, 4) is 0 Å². The predicted octanol–water partition coefficient (Wildman–Crippen LogP) is 4.19. The highest BCUT2D eigenvalue weighted by Gasteiger charge is 2.11. The number of rotatable bonds is 3. The van der Waals surface area contributed by atoms with Crippen LogP contribution >= 0.6 is 22.9 Å². The van der Waals surface area contributed by atoms with E-state index < -0.39 is 0 Å². The molecule has 0 spiro atoms. The van der Waals surface area contributed by atoms with Crippen LogP contribution in [0.4, 0.5) is 0 Å². The third kappa shape index (κ3) is 1.93. The molecule has 2 heterocycles. The maximum atomic E-state index is 6.02. The molecule has 0 amide bonds. The van der Waals surface area contributed by atoms with Gasteiger partial charge in [0, 0.05) is 4.88 Å². The normalized spacial score (nSPS) is 11.2. The number of nitrogens with zero attached hydrogens (tertiary/aromatic N) is 2. The summed E-state index contributed by atoms with van der Waals surface area (Å²) >= 11 is 7.78. The number of hydrogen-bond donors (Lipinski definition) is 0. The highest BCUT2D eigenvalue weighted by Crippen LogP contribution is 2.23. The van der Waals surface area contributed by atoms with E-state index in [2.05, 4.69) is 52.2 Å². The van der Waals surface area contributed by atoms with Gasteiger partial charge in [0.1, 0.15) is 5.82 Å². The lowest BCUT2D eigenvalue weighted by Crippen LogP contribution is -2.02. The van der Waals surface area contributed by atoms with Crippen LogP contribution in [0.5, 0.6) is 0 Å². The van der Waals surface area contributed by atoms with Crippen molar-refractivity contribution in [3.05, 3.63) is 52.0 Å². The summed E-state index contributed by atoms with van der Waals surface area (Å²) < 4.78 is 2.21. The zero-order chi connectivity index (χ0) is 12.5. The van der Waals surface area contributed by atoms with E-state index in [1.54, 1.807) is 11.3 Å². The summed E-state index contributed by atoms with van der Waals surface area (Å²) in [6.07, 6.45) is 0. The predicted molar refractivity (Wildman–Crippen MR) is 77.4 cm³/mol. The number of para-hydroxylation sites is 1. The molecule has 18 heavy (non-hydrogen) atoms. The minimum atomic E-state index is 0.444. The zero-order valence-corrected chi connectivity index (χ0v) is 11.6. The number of benzene rings is 1. The molecule has 0 aliphatic rings. The van der Waals surface area contributed by atoms with Gasteiger partial charge in [0.05, 0.1) is 23.5 Å². The van der Waals surface area contributed by atoms with Gasteiger partial charge in [-0.05, 0) is 30.0 Å². The molecule has 0 bridgehead atoms. The summed E-state index contributed by atoms with van der Waals surface area (Å²) in [5.74, 6) is 1.38. The van der Waals surface area contributed by atoms with Crippen LogP contribution < -0.4 is 0 Å². The second-order valence-electron chi connectivity index (χ2n) is 4.27. The number of fused-ring (bicyclic) bond motifs is 1. The van der Waals surface area contributed by atoms with Gasteiger partial charge in [-0.3, -0.25) is 0 Å². The van der Waals surface area contributed by atoms with E-state index in [0.29, 0.717) is 5.88 Å². The molecule has 0 N–H and O–H groups in total. The Kier molecular flexibility index (Phi) is 3.10. The average Bonchev–Trinajstić information content (AvgIpc) is 2.99. The van der Waals surface area contributed by atoms with Gasteiger partial charge in [-0.1, -0.05) is 18.2 Å². The molecule has 0 radical (unpaired) electrons. The van der Waals surface area contributed by atoms with E-state index in [-0.39, 0.29) is 0 Å². The van der Waals surface area contributed by atoms with Gasteiger partial charge in [-0.15, -0.1) is 22.9 Å². The number of alkyl halides is 1. The molecule has 2 nitrogen and oxygen atoms in total. The summed E-state index contributed by atoms with van der Waals surface area (Å²) in [6, 6.07) is 10.5. The smallest absolute Gasteiger partial charge is 0.125 e. The Labute approximate surface area is 115 Å². The van der Waals surface area contributed by atoms with Crippen LogP contribution in [0.1, 0.15) is 16.3 Å². The minimum absolute atomic E-state index is 0.444. The van der Waals surface area contributed by atoms with Crippen LogP contribution in [0.2, 0.25) is 0 Å². The largest absolute Gasteiger partial charge is 0.322 e. The van der Waals surface area contributed by atoms with Crippen LogP contribution in [-0.4, -0.2) is 9.55 Å². The first-order valence-electron chi connectivity index (χ1n) is 5.82. The number of imidazole rings is 1. The first-order chi connectivity index (χ1) is 8.79. The maximum Gasteiger partial charge on any atom is 0.125 e. The summed E-state index contributed by atoms with van der Waals surface area (Å²) in [7, 11) is 0. The van der Waals surface area contributed by atoms with Crippen molar-refractivity contribution in [3.63, 3.8) is 0 Å². The van der Waals surface area contributed by atoms with Gasteiger partial charge in [0.15, 0.2) is 0 Å². The standard InChI is InChI=1S/C14H13ClN2S/c1-10-4-2-6-12-14(10)16-13(8-15)17(12)9-11-5-3-7-18-11/h2-7H,8-9H2,1H3. The fraction of sp³-hybridized carbons (Fsp3) is 0.214. The van der Waals surface area contributed by atoms with Crippen molar-refractivity contribution >= 4 is 34.0 Å². The highest BCUT2D eigenvalue weighted by atomic mass is 35.5. The summed E-state index contributed by atoms with van der Waals surface area (Å²) in [5.41, 5.74) is 3.42. The Morgan fingerprint density at radius 2 is 2.17 bits per heavy atom. The van der Waals surface area contributed by atoms with Crippen molar-refractivity contribution in [1.82, 2.24) is 9.55 Å². The third-order valence-corrected chi connectivity index (χ3v) is 4.17. The van der Waals surface area contributed by atoms with E-state index in [4.69, 9.17) is 11.6 Å². The van der Waals surface area contributed by atoms with Crippen LogP contribution in [-0.2, 0) is 12.4 Å². The Morgan fingerprint density at radius 3 is 2.89 bits per heavy atom. The molecule has 92 valence electrons. The maximum absolute atomic E-state index is 6.02. The van der Waals surface area contributed by atoms with Crippen LogP contribution in [0.3, 0.4) is 0 Å². The molecule has 0 unspecified atom stereocenters. The second-order valence-corrected chi connectivity index (χ2v) is 5.57. The monoisotopic (exact) mass is 276 g/mol. The van der Waals surface area contributed by atoms with Crippen LogP contribution in [0.15, 0.2) is 35.7 Å². The van der Waals surface area contributed by atoms with E-state index in [1.807, 2.05) is 0 Å². The second kappa shape index (κ2) is 4.75. The molecule has 3 rings (SSSR count). The topological polar surface area (TPSA) is 17.8 Å². The SMILES string of the molecule is Cc1cccc2c1nc(CCl)n2Cc1cccs1. The summed E-state index contributed by atoms with van der Waals surface area (Å²) in [4.78, 5) is 5.97. The lowest BCUT2D eigenvalue weighted by Gasteiger charge is -2.05. The van der Waals surface area contributed by atoms with Crippen molar-refractivity contribution in [1.29, 1.82) is 0 Å². The summed E-state index contributed by atoms with van der Waals surface area (Å²) in [5, 5.41) is 2.10. The molecule has 0 saturated carbocycles. The molecule has 4 heteroatoms. The Bertz CT molecular complexity index is 670. The molecular weight excluding hydrogens is 264 g/mol. The van der Waals surface area contributed by atoms with E-state index in [9.17, 15) is 0 Å². The molecule has 0 aliphatic heterocycles. The molecule has 3 aromatic rings. The van der Waals surface area contributed by atoms with Gasteiger partial charge in [-0.2, -0.15) is 0 Å². The highest BCUT2D eigenvalue weighted by molar-refractivity contribution is 7.09. The van der Waals surface area contributed by atoms with Crippen molar-refractivity contribution in [2.75, 3.05) is 0 Å².